The van der Waals surface area contributed by atoms with E-state index in [2.05, 4.69) is 0 Å². The summed E-state index contributed by atoms with van der Waals surface area (Å²) < 4.78 is 10.2. The number of ether oxygens (including phenoxy) is 2. The molecule has 1 saturated heterocycles. The van der Waals surface area contributed by atoms with Crippen molar-refractivity contribution in [1.29, 1.82) is 0 Å². The summed E-state index contributed by atoms with van der Waals surface area (Å²) in [6.07, 6.45) is -1.73. The van der Waals surface area contributed by atoms with Crippen LogP contribution in [0.25, 0.3) is 0 Å². The molecule has 0 aliphatic carbocycles. The van der Waals surface area contributed by atoms with Crippen molar-refractivity contribution in [2.75, 3.05) is 26.1 Å². The predicted molar refractivity (Wildman–Crippen MR) is 103 cm³/mol. The molecular formula is C18H23N3Na2O10S. The molecule has 3 amide bonds. The number of aliphatic hydroxyl groups excluding tert-OH is 1. The first-order chi connectivity index (χ1) is 15.1. The number of nitrogens with two attached hydrogens (primary N) is 1. The van der Waals surface area contributed by atoms with Crippen molar-refractivity contribution in [3.63, 3.8) is 0 Å². The summed E-state index contributed by atoms with van der Waals surface area (Å²) in [7, 11) is 1.07. The number of carboxylic acid groups (broad SMARTS) is 2. The van der Waals surface area contributed by atoms with E-state index in [-0.39, 0.29) is 96.3 Å². The van der Waals surface area contributed by atoms with Gasteiger partial charge in [0.15, 0.2) is 0 Å². The first kappa shape index (κ1) is 33.3. The Balaban J connectivity index is 0.00000544. The molecule has 34 heavy (non-hydrogen) atoms. The SMILES string of the molecule is CCOC(=O)N(C(=O)CCCC(N)C(=O)[O-])C1(OC)C(=O)N2C(C(=O)[O-])=C(CO)CS[C@H]21.[Na+].[Na+]. The van der Waals surface area contributed by atoms with E-state index in [0.29, 0.717) is 4.90 Å². The quantitative estimate of drug-likeness (QED) is 0.157. The maximum absolute atomic E-state index is 13.1. The maximum atomic E-state index is 13.1. The van der Waals surface area contributed by atoms with E-state index < -0.39 is 59.3 Å². The Kier molecular flexibility index (Phi) is 13.9. The summed E-state index contributed by atoms with van der Waals surface area (Å²) in [6, 6.07) is -1.32. The topological polar surface area (TPSA) is 203 Å². The van der Waals surface area contributed by atoms with Gasteiger partial charge >= 0.3 is 65.2 Å². The standard InChI is InChI=1S/C18H25N3O10S.2Na/c1-3-31-17(29)21(11(23)6-4-5-10(19)13(24)25)18(30-2)15(28)20-12(14(26)27)9(7-22)8-32-16(18)20;;/h10,16,22H,3-8,19H2,1-2H3,(H,24,25)(H,26,27);;/q;2*+1/p-2/t10?,16-,18?;;/m0../s1. The van der Waals surface area contributed by atoms with Crippen LogP contribution in [-0.2, 0) is 28.7 Å². The third kappa shape index (κ3) is 6.17. The van der Waals surface area contributed by atoms with Crippen LogP contribution < -0.4 is 75.1 Å². The molecular weight excluding hydrogens is 496 g/mol. The molecule has 0 spiro atoms. The number of aliphatic hydroxyl groups is 1. The van der Waals surface area contributed by atoms with Crippen molar-refractivity contribution >= 4 is 41.6 Å². The molecule has 0 aromatic carbocycles. The van der Waals surface area contributed by atoms with Gasteiger partial charge in [0.2, 0.25) is 5.91 Å². The number of methoxy groups -OCH3 is 1. The smallest absolute Gasteiger partial charge is 0.548 e. The molecule has 3 N–H and O–H groups in total. The molecule has 0 radical (unpaired) electrons. The predicted octanol–water partition coefficient (Wildman–Crippen LogP) is -9.52. The van der Waals surface area contributed by atoms with E-state index in [1.165, 1.54) is 6.92 Å². The van der Waals surface area contributed by atoms with Gasteiger partial charge in [0.1, 0.15) is 5.37 Å². The van der Waals surface area contributed by atoms with Crippen LogP contribution in [0.2, 0.25) is 0 Å². The number of aliphatic carboxylic acids is 2. The molecule has 0 bridgehead atoms. The second kappa shape index (κ2) is 14.2. The van der Waals surface area contributed by atoms with Gasteiger partial charge in [-0.15, -0.1) is 11.8 Å². The van der Waals surface area contributed by atoms with Crippen molar-refractivity contribution in [2.45, 2.75) is 43.3 Å². The number of amides is 3. The first-order valence-electron chi connectivity index (χ1n) is 9.59. The number of carbonyl (C=O) groups excluding carboxylic acids is 5. The van der Waals surface area contributed by atoms with Gasteiger partial charge in [-0.25, -0.2) is 9.69 Å². The van der Waals surface area contributed by atoms with Crippen LogP contribution in [0.4, 0.5) is 4.79 Å². The fourth-order valence-corrected chi connectivity index (χ4v) is 4.95. The van der Waals surface area contributed by atoms with Gasteiger partial charge in [-0.3, -0.25) is 14.5 Å². The van der Waals surface area contributed by atoms with Crippen LogP contribution in [0.5, 0.6) is 0 Å². The average molecular weight is 519 g/mol. The van der Waals surface area contributed by atoms with Gasteiger partial charge in [-0.2, -0.15) is 0 Å². The molecule has 0 aromatic rings. The number of hydrogen-bond acceptors (Lipinski definition) is 12. The third-order valence-corrected chi connectivity index (χ3v) is 6.38. The zero-order chi connectivity index (χ0) is 24.2. The number of fused-ring (bicyclic) bond motifs is 1. The van der Waals surface area contributed by atoms with Gasteiger partial charge in [0.05, 0.1) is 30.8 Å². The van der Waals surface area contributed by atoms with Crippen LogP contribution >= 0.6 is 11.8 Å². The molecule has 2 unspecified atom stereocenters. The number of rotatable bonds is 10. The summed E-state index contributed by atoms with van der Waals surface area (Å²) in [5.41, 5.74) is 2.64. The molecule has 0 saturated carbocycles. The average Bonchev–Trinajstić information content (AvgIpc) is 2.75. The fourth-order valence-electron chi connectivity index (χ4n) is 3.48. The molecule has 3 atom stereocenters. The molecule has 16 heteroatoms. The second-order valence-corrected chi connectivity index (χ2v) is 7.95. The Hall–Kier alpha value is -0.680. The molecule has 13 nitrogen and oxygen atoms in total. The summed E-state index contributed by atoms with van der Waals surface area (Å²) in [4.78, 5) is 62.3. The number of nitrogens with zero attached hydrogens (tertiary/aromatic N) is 2. The summed E-state index contributed by atoms with van der Waals surface area (Å²) in [5, 5.41) is 30.6. The van der Waals surface area contributed by atoms with E-state index in [1.54, 1.807) is 0 Å². The molecule has 2 heterocycles. The van der Waals surface area contributed by atoms with Gasteiger partial charge < -0.3 is 40.1 Å². The largest absolute Gasteiger partial charge is 1.00 e. The minimum atomic E-state index is -2.20. The Bertz CT molecular complexity index is 858. The first-order valence-corrected chi connectivity index (χ1v) is 10.6. The Morgan fingerprint density at radius 3 is 2.41 bits per heavy atom. The Morgan fingerprint density at radius 1 is 1.32 bits per heavy atom. The summed E-state index contributed by atoms with van der Waals surface area (Å²) in [5.74, 6) is -5.17. The van der Waals surface area contributed by atoms with Crippen LogP contribution in [-0.4, -0.2) is 88.0 Å². The van der Waals surface area contributed by atoms with E-state index in [9.17, 15) is 39.3 Å². The number of imide groups is 1. The van der Waals surface area contributed by atoms with E-state index in [4.69, 9.17) is 15.2 Å². The molecule has 178 valence electrons. The fraction of sp³-hybridized carbons (Fsp3) is 0.611. The molecule has 2 aliphatic rings. The number of carboxylic acids is 2. The normalized spacial score (nSPS) is 21.8. The number of β-lactam (4-membered cyclic amide) rings is 1. The van der Waals surface area contributed by atoms with Crippen LogP contribution in [0.3, 0.4) is 0 Å². The molecule has 1 fully saturated rings. The van der Waals surface area contributed by atoms with Gasteiger partial charge in [-0.05, 0) is 25.3 Å². The number of hydrogen-bond donors (Lipinski definition) is 2. The Morgan fingerprint density at radius 2 is 1.94 bits per heavy atom. The molecule has 0 aromatic heterocycles. The minimum absolute atomic E-state index is 0. The summed E-state index contributed by atoms with van der Waals surface area (Å²) in [6.45, 7) is 0.714. The van der Waals surface area contributed by atoms with E-state index in [0.717, 1.165) is 23.8 Å². The van der Waals surface area contributed by atoms with Crippen LogP contribution in [0.1, 0.15) is 26.2 Å². The van der Waals surface area contributed by atoms with Gasteiger partial charge in [-0.1, -0.05) is 0 Å². The number of carbonyl (C=O) groups is 5. The number of thioether (sulfide) groups is 1. The molecule has 2 rings (SSSR count). The monoisotopic (exact) mass is 519 g/mol. The van der Waals surface area contributed by atoms with E-state index >= 15 is 0 Å². The second-order valence-electron chi connectivity index (χ2n) is 6.88. The van der Waals surface area contributed by atoms with Crippen molar-refractivity contribution in [1.82, 2.24) is 9.80 Å². The van der Waals surface area contributed by atoms with Crippen LogP contribution in [0, 0.1) is 0 Å². The summed E-state index contributed by atoms with van der Waals surface area (Å²) >= 11 is 0.979. The van der Waals surface area contributed by atoms with Crippen molar-refractivity contribution in [3.05, 3.63) is 11.3 Å². The third-order valence-electron chi connectivity index (χ3n) is 5.02. The Labute approximate surface area is 243 Å². The molecule has 2 aliphatic heterocycles. The van der Waals surface area contributed by atoms with Crippen molar-refractivity contribution < 1.29 is 108 Å². The van der Waals surface area contributed by atoms with Crippen LogP contribution in [0.15, 0.2) is 11.3 Å². The zero-order valence-electron chi connectivity index (χ0n) is 19.4. The maximum Gasteiger partial charge on any atom is 1.00 e. The van der Waals surface area contributed by atoms with Gasteiger partial charge in [0, 0.05) is 25.3 Å². The van der Waals surface area contributed by atoms with Crippen molar-refractivity contribution in [2.24, 2.45) is 5.73 Å². The minimum Gasteiger partial charge on any atom is -0.548 e. The van der Waals surface area contributed by atoms with Gasteiger partial charge in [0.25, 0.3) is 11.6 Å². The van der Waals surface area contributed by atoms with Crippen molar-refractivity contribution in [3.8, 4) is 0 Å². The van der Waals surface area contributed by atoms with E-state index in [1.807, 2.05) is 0 Å². The zero-order valence-corrected chi connectivity index (χ0v) is 24.2.